The van der Waals surface area contributed by atoms with Crippen molar-refractivity contribution in [3.63, 3.8) is 0 Å². The van der Waals surface area contributed by atoms with Gasteiger partial charge in [0.1, 0.15) is 17.6 Å². The van der Waals surface area contributed by atoms with Gasteiger partial charge in [0, 0.05) is 11.8 Å². The van der Waals surface area contributed by atoms with Crippen molar-refractivity contribution in [1.82, 2.24) is 10.3 Å². The van der Waals surface area contributed by atoms with Crippen LogP contribution in [0.3, 0.4) is 0 Å². The normalized spacial score (nSPS) is 13.4. The van der Waals surface area contributed by atoms with Crippen LogP contribution in [0.1, 0.15) is 32.8 Å². The maximum atomic E-state index is 13.8. The number of carbonyl (C=O) groups is 3. The van der Waals surface area contributed by atoms with Crippen LogP contribution in [-0.2, 0) is 19.2 Å². The number of rotatable bonds is 9. The minimum Gasteiger partial charge on any atom is -0.477 e. The zero-order valence-corrected chi connectivity index (χ0v) is 19.1. The Bertz CT molecular complexity index is 1090. The van der Waals surface area contributed by atoms with Crippen molar-refractivity contribution in [1.29, 1.82) is 0 Å². The highest BCUT2D eigenvalue weighted by atomic mass is 35.5. The van der Waals surface area contributed by atoms with Gasteiger partial charge in [-0.15, -0.1) is 0 Å². The number of nitrogens with one attached hydrogen (secondary N) is 1. The number of alkyl carbamates (subject to hydrolysis) is 1. The molecular weight excluding hydrogens is 475 g/mol. The Kier molecular flexibility index (Phi) is 8.36. The molecule has 0 radical (unpaired) electrons. The summed E-state index contributed by atoms with van der Waals surface area (Å²) >= 11 is 5.65. The van der Waals surface area contributed by atoms with Crippen LogP contribution < -0.4 is 15.8 Å². The van der Waals surface area contributed by atoms with Crippen LogP contribution in [0.4, 0.5) is 9.18 Å². The number of nitrogens with zero attached hydrogens (tertiary/aromatic N) is 2. The molecule has 2 aromatic rings. The van der Waals surface area contributed by atoms with E-state index in [0.29, 0.717) is 0 Å². The van der Waals surface area contributed by atoms with Crippen molar-refractivity contribution < 1.29 is 38.2 Å². The third-order valence-corrected chi connectivity index (χ3v) is 4.06. The topological polar surface area (TPSA) is 162 Å². The van der Waals surface area contributed by atoms with Gasteiger partial charge in [-0.1, -0.05) is 16.8 Å². The van der Waals surface area contributed by atoms with E-state index < -0.39 is 35.6 Å². The van der Waals surface area contributed by atoms with Crippen molar-refractivity contribution in [2.75, 3.05) is 0 Å². The van der Waals surface area contributed by atoms with Crippen LogP contribution in [0.25, 0.3) is 0 Å². The fourth-order valence-electron chi connectivity index (χ4n) is 2.34. The van der Waals surface area contributed by atoms with Crippen LogP contribution in [0.2, 0.25) is 5.02 Å². The van der Waals surface area contributed by atoms with Gasteiger partial charge in [-0.3, -0.25) is 5.32 Å². The highest BCUT2D eigenvalue weighted by Crippen LogP contribution is 2.24. The number of carboxylic acid groups (broad SMARTS) is 1. The van der Waals surface area contributed by atoms with Gasteiger partial charge in [0.05, 0.1) is 11.4 Å². The molecule has 182 valence electrons. The first-order valence-corrected chi connectivity index (χ1v) is 10.0. The summed E-state index contributed by atoms with van der Waals surface area (Å²) in [5.74, 6) is -2.84. The van der Waals surface area contributed by atoms with Crippen molar-refractivity contribution in [2.45, 2.75) is 38.5 Å². The number of amidine groups is 1. The number of oxime groups is 1. The summed E-state index contributed by atoms with van der Waals surface area (Å²) in [5.41, 5.74) is 2.61. The fourth-order valence-corrected chi connectivity index (χ4v) is 2.48. The van der Waals surface area contributed by atoms with Gasteiger partial charge < -0.3 is 29.9 Å². The predicted molar refractivity (Wildman–Crippen MR) is 118 cm³/mol. The Morgan fingerprint density at radius 3 is 2.47 bits per heavy atom. The van der Waals surface area contributed by atoms with Crippen molar-refractivity contribution in [2.24, 2.45) is 10.9 Å². The predicted octanol–water partition coefficient (Wildman–Crippen LogP) is 3.20. The van der Waals surface area contributed by atoms with Crippen molar-refractivity contribution in [3.05, 3.63) is 52.9 Å². The second kappa shape index (κ2) is 10.8. The summed E-state index contributed by atoms with van der Waals surface area (Å²) in [7, 11) is 0. The average molecular weight is 497 g/mol. The largest absolute Gasteiger partial charge is 0.477 e. The van der Waals surface area contributed by atoms with Crippen LogP contribution in [0.5, 0.6) is 11.6 Å². The van der Waals surface area contributed by atoms with E-state index in [1.54, 1.807) is 20.8 Å². The standard InChI is InChI=1S/C21H22ClFN4O7/c1-20(2,3)33-19(31)26-21(8-9-28,18(29)30)34-27-16(24)12-4-6-14(7-5-12)32-17-15(23)10-13(22)11-25-17/h4-7,9-11H,8H2,1-3H3,(H2,24,27)(H,26,31)(H,29,30). The number of carboxylic acids is 1. The maximum absolute atomic E-state index is 13.8. The smallest absolute Gasteiger partial charge is 0.411 e. The van der Waals surface area contributed by atoms with E-state index in [9.17, 15) is 23.9 Å². The second-order valence-electron chi connectivity index (χ2n) is 7.76. The molecule has 1 unspecified atom stereocenters. The minimum absolute atomic E-state index is 0.109. The molecule has 0 aliphatic heterocycles. The summed E-state index contributed by atoms with van der Waals surface area (Å²) in [6.07, 6.45) is -0.483. The summed E-state index contributed by atoms with van der Waals surface area (Å²) in [5, 5.41) is 15.2. The molecule has 34 heavy (non-hydrogen) atoms. The molecule has 1 heterocycles. The molecule has 1 aromatic heterocycles. The molecule has 0 bridgehead atoms. The van der Waals surface area contributed by atoms with E-state index >= 15 is 0 Å². The Labute approximate surface area is 198 Å². The van der Waals surface area contributed by atoms with Crippen LogP contribution >= 0.6 is 11.6 Å². The van der Waals surface area contributed by atoms with E-state index in [4.69, 9.17) is 31.6 Å². The first-order valence-electron chi connectivity index (χ1n) is 9.64. The number of halogens is 2. The number of aldehydes is 1. The Morgan fingerprint density at radius 1 is 1.29 bits per heavy atom. The number of aromatic nitrogens is 1. The lowest BCUT2D eigenvalue weighted by molar-refractivity contribution is -0.172. The third-order valence-electron chi connectivity index (χ3n) is 3.86. The molecule has 1 amide bonds. The molecule has 4 N–H and O–H groups in total. The Hall–Kier alpha value is -3.93. The van der Waals surface area contributed by atoms with E-state index in [0.717, 1.165) is 6.07 Å². The lowest BCUT2D eigenvalue weighted by Gasteiger charge is -2.28. The summed E-state index contributed by atoms with van der Waals surface area (Å²) in [6, 6.07) is 6.73. The summed E-state index contributed by atoms with van der Waals surface area (Å²) < 4.78 is 24.2. The van der Waals surface area contributed by atoms with E-state index in [2.05, 4.69) is 10.1 Å². The molecule has 0 fully saturated rings. The molecular formula is C21H22ClFN4O7. The average Bonchev–Trinajstić information content (AvgIpc) is 2.73. The van der Waals surface area contributed by atoms with Gasteiger partial charge in [0.25, 0.3) is 5.88 Å². The van der Waals surface area contributed by atoms with Crippen molar-refractivity contribution >= 4 is 35.8 Å². The SMILES string of the molecule is CC(C)(C)OC(=O)NC(CC=O)(ON=C(N)c1ccc(Oc2ncc(Cl)cc2F)cc1)C(=O)O. The van der Waals surface area contributed by atoms with Gasteiger partial charge in [-0.25, -0.2) is 19.0 Å². The molecule has 0 saturated carbocycles. The number of ether oxygens (including phenoxy) is 2. The third kappa shape index (κ3) is 7.30. The molecule has 11 nitrogen and oxygen atoms in total. The number of carbonyl (C=O) groups excluding carboxylic acids is 2. The number of amides is 1. The van der Waals surface area contributed by atoms with E-state index in [1.807, 2.05) is 5.32 Å². The van der Waals surface area contributed by atoms with Gasteiger partial charge in [0.15, 0.2) is 11.7 Å². The zero-order chi connectivity index (χ0) is 25.5. The van der Waals surface area contributed by atoms with Crippen LogP contribution in [0.15, 0.2) is 41.7 Å². The number of pyridine rings is 1. The molecule has 13 heteroatoms. The monoisotopic (exact) mass is 496 g/mol. The van der Waals surface area contributed by atoms with Gasteiger partial charge in [0.2, 0.25) is 0 Å². The minimum atomic E-state index is -2.56. The second-order valence-corrected chi connectivity index (χ2v) is 8.20. The van der Waals surface area contributed by atoms with Gasteiger partial charge >= 0.3 is 17.8 Å². The number of benzene rings is 1. The number of nitrogens with two attached hydrogens (primary N) is 1. The molecule has 0 aliphatic rings. The summed E-state index contributed by atoms with van der Waals surface area (Å²) in [6.45, 7) is 4.70. The highest BCUT2D eigenvalue weighted by molar-refractivity contribution is 6.30. The van der Waals surface area contributed by atoms with E-state index in [1.165, 1.54) is 30.5 Å². The Morgan fingerprint density at radius 2 is 1.94 bits per heavy atom. The van der Waals surface area contributed by atoms with E-state index in [-0.39, 0.29) is 34.3 Å². The summed E-state index contributed by atoms with van der Waals surface area (Å²) in [4.78, 5) is 43.7. The zero-order valence-electron chi connectivity index (χ0n) is 18.4. The number of hydrogen-bond acceptors (Lipinski definition) is 8. The molecule has 2 rings (SSSR count). The molecule has 1 aromatic carbocycles. The fraction of sp³-hybridized carbons (Fsp3) is 0.286. The molecule has 0 spiro atoms. The van der Waals surface area contributed by atoms with Gasteiger partial charge in [-0.2, -0.15) is 0 Å². The Balaban J connectivity index is 2.19. The molecule has 0 saturated heterocycles. The molecule has 0 aliphatic carbocycles. The number of aliphatic carboxylic acids is 1. The maximum Gasteiger partial charge on any atom is 0.411 e. The number of hydrogen-bond donors (Lipinski definition) is 3. The van der Waals surface area contributed by atoms with Gasteiger partial charge in [-0.05, 0) is 51.1 Å². The van der Waals surface area contributed by atoms with Crippen LogP contribution in [0, 0.1) is 5.82 Å². The first kappa shape index (κ1) is 26.3. The lowest BCUT2D eigenvalue weighted by atomic mass is 10.1. The first-order chi connectivity index (χ1) is 15.8. The van der Waals surface area contributed by atoms with Crippen LogP contribution in [-0.4, -0.2) is 45.6 Å². The highest BCUT2D eigenvalue weighted by Gasteiger charge is 2.45. The quantitative estimate of drug-likeness (QED) is 0.155. The lowest BCUT2D eigenvalue weighted by Crippen LogP contribution is -2.57. The van der Waals surface area contributed by atoms with Crippen molar-refractivity contribution in [3.8, 4) is 11.6 Å². The molecule has 1 atom stereocenters.